The van der Waals surface area contributed by atoms with Gasteiger partial charge in [-0.05, 0) is 68.2 Å². The average Bonchev–Trinajstić information content (AvgIpc) is 3.18. The number of hydrogen-bond donors (Lipinski definition) is 1. The van der Waals surface area contributed by atoms with Gasteiger partial charge in [0.15, 0.2) is 0 Å². The maximum atomic E-state index is 12.7. The number of anilines is 1. The Morgan fingerprint density at radius 1 is 0.969 bits per heavy atom. The lowest BCUT2D eigenvalue weighted by molar-refractivity contribution is -0.111. The molecule has 0 spiro atoms. The molecular weight excluding hydrogens is 398 g/mol. The standard InChI is InChI=1S/C28H27NO3/c1-17-6-9-21(10-7-17)25-16-32-27-15-26(31-5)23(14-24(25)27)20(4)13-28(30)29-22-11-8-18(2)19(3)12-22/h6-16H,1-5H3,(H,29,30)/b20-13+. The number of allylic oxidation sites excluding steroid dienone is 1. The quantitative estimate of drug-likeness (QED) is 0.348. The van der Waals surface area contributed by atoms with Crippen molar-refractivity contribution < 1.29 is 13.9 Å². The fourth-order valence-electron chi connectivity index (χ4n) is 3.76. The molecule has 4 aromatic rings. The Kier molecular flexibility index (Phi) is 5.87. The number of benzene rings is 3. The first-order valence-electron chi connectivity index (χ1n) is 10.6. The second-order valence-corrected chi connectivity index (χ2v) is 8.18. The van der Waals surface area contributed by atoms with Gasteiger partial charge in [-0.3, -0.25) is 4.79 Å². The molecule has 4 nitrogen and oxygen atoms in total. The maximum absolute atomic E-state index is 12.7. The Balaban J connectivity index is 1.69. The number of nitrogens with one attached hydrogen (secondary N) is 1. The largest absolute Gasteiger partial charge is 0.496 e. The van der Waals surface area contributed by atoms with E-state index in [1.165, 1.54) is 11.1 Å². The first-order valence-corrected chi connectivity index (χ1v) is 10.6. The average molecular weight is 426 g/mol. The van der Waals surface area contributed by atoms with Crippen LogP contribution in [0, 0.1) is 20.8 Å². The van der Waals surface area contributed by atoms with Crippen molar-refractivity contribution in [2.75, 3.05) is 12.4 Å². The summed E-state index contributed by atoms with van der Waals surface area (Å²) >= 11 is 0. The topological polar surface area (TPSA) is 51.5 Å². The summed E-state index contributed by atoms with van der Waals surface area (Å²) in [5.74, 6) is 0.480. The Labute approximate surface area is 188 Å². The minimum atomic E-state index is -0.182. The molecule has 0 saturated carbocycles. The van der Waals surface area contributed by atoms with Gasteiger partial charge in [-0.2, -0.15) is 0 Å². The summed E-state index contributed by atoms with van der Waals surface area (Å²) < 4.78 is 11.4. The molecule has 3 aromatic carbocycles. The van der Waals surface area contributed by atoms with E-state index in [-0.39, 0.29) is 5.91 Å². The third kappa shape index (κ3) is 4.30. The summed E-state index contributed by atoms with van der Waals surface area (Å²) in [5.41, 5.74) is 8.81. The van der Waals surface area contributed by atoms with Crippen LogP contribution < -0.4 is 10.1 Å². The molecule has 0 aliphatic carbocycles. The molecule has 1 amide bonds. The lowest BCUT2D eigenvalue weighted by Gasteiger charge is -2.11. The van der Waals surface area contributed by atoms with Gasteiger partial charge < -0.3 is 14.5 Å². The molecule has 0 unspecified atom stereocenters. The number of hydrogen-bond acceptors (Lipinski definition) is 3. The first-order chi connectivity index (χ1) is 15.4. The van der Waals surface area contributed by atoms with Crippen LogP contribution in [0.1, 0.15) is 29.2 Å². The zero-order chi connectivity index (χ0) is 22.8. The van der Waals surface area contributed by atoms with Crippen molar-refractivity contribution >= 4 is 28.1 Å². The molecule has 32 heavy (non-hydrogen) atoms. The van der Waals surface area contributed by atoms with Crippen LogP contribution in [0.25, 0.3) is 27.7 Å². The van der Waals surface area contributed by atoms with Crippen LogP contribution in [-0.2, 0) is 4.79 Å². The van der Waals surface area contributed by atoms with Crippen LogP contribution in [0.3, 0.4) is 0 Å². The number of fused-ring (bicyclic) bond motifs is 1. The molecule has 1 aromatic heterocycles. The van der Waals surface area contributed by atoms with E-state index in [0.29, 0.717) is 5.75 Å². The van der Waals surface area contributed by atoms with Crippen molar-refractivity contribution in [3.8, 4) is 16.9 Å². The predicted molar refractivity (Wildman–Crippen MR) is 131 cm³/mol. The van der Waals surface area contributed by atoms with Gasteiger partial charge in [0.25, 0.3) is 0 Å². The van der Waals surface area contributed by atoms with Crippen molar-refractivity contribution in [3.63, 3.8) is 0 Å². The summed E-state index contributed by atoms with van der Waals surface area (Å²) in [4.78, 5) is 12.7. The summed E-state index contributed by atoms with van der Waals surface area (Å²) in [5, 5.41) is 3.93. The highest BCUT2D eigenvalue weighted by Crippen LogP contribution is 2.37. The van der Waals surface area contributed by atoms with E-state index in [9.17, 15) is 4.79 Å². The molecule has 1 heterocycles. The van der Waals surface area contributed by atoms with Crippen molar-refractivity contribution in [3.05, 3.63) is 89.2 Å². The summed E-state index contributed by atoms with van der Waals surface area (Å²) in [6.45, 7) is 8.06. The van der Waals surface area contributed by atoms with Crippen LogP contribution in [0.5, 0.6) is 5.75 Å². The number of furan rings is 1. The highest BCUT2D eigenvalue weighted by Gasteiger charge is 2.15. The second-order valence-electron chi connectivity index (χ2n) is 8.18. The Bertz CT molecular complexity index is 1330. The predicted octanol–water partition coefficient (Wildman–Crippen LogP) is 7.08. The Hall–Kier alpha value is -3.79. The maximum Gasteiger partial charge on any atom is 0.248 e. The molecule has 1 N–H and O–H groups in total. The molecule has 0 aliphatic rings. The molecular formula is C28H27NO3. The van der Waals surface area contributed by atoms with Gasteiger partial charge >= 0.3 is 0 Å². The number of methoxy groups -OCH3 is 1. The van der Waals surface area contributed by atoms with E-state index in [1.807, 2.05) is 51.1 Å². The van der Waals surface area contributed by atoms with Gasteiger partial charge in [0, 0.05) is 34.3 Å². The number of amides is 1. The number of carbonyl (C=O) groups is 1. The molecule has 4 rings (SSSR count). The summed E-state index contributed by atoms with van der Waals surface area (Å²) in [6.07, 6.45) is 3.37. The fourth-order valence-corrected chi connectivity index (χ4v) is 3.76. The molecule has 4 heteroatoms. The normalized spacial score (nSPS) is 11.6. The van der Waals surface area contributed by atoms with E-state index in [1.54, 1.807) is 19.4 Å². The van der Waals surface area contributed by atoms with Crippen LogP contribution in [-0.4, -0.2) is 13.0 Å². The summed E-state index contributed by atoms with van der Waals surface area (Å²) in [7, 11) is 1.62. The Morgan fingerprint density at radius 3 is 2.41 bits per heavy atom. The lowest BCUT2D eigenvalue weighted by atomic mass is 9.99. The molecule has 0 saturated heterocycles. The van der Waals surface area contributed by atoms with Gasteiger partial charge in [-0.1, -0.05) is 35.9 Å². The third-order valence-corrected chi connectivity index (χ3v) is 5.81. The molecule has 0 aliphatic heterocycles. The van der Waals surface area contributed by atoms with Crippen LogP contribution in [0.15, 0.2) is 71.4 Å². The van der Waals surface area contributed by atoms with Crippen molar-refractivity contribution in [1.29, 1.82) is 0 Å². The fraction of sp³-hybridized carbons (Fsp3) is 0.179. The molecule has 162 valence electrons. The van der Waals surface area contributed by atoms with Crippen LogP contribution in [0.4, 0.5) is 5.69 Å². The number of aryl methyl sites for hydroxylation is 3. The lowest BCUT2D eigenvalue weighted by Crippen LogP contribution is -2.09. The minimum absolute atomic E-state index is 0.182. The van der Waals surface area contributed by atoms with Crippen LogP contribution in [0.2, 0.25) is 0 Å². The van der Waals surface area contributed by atoms with Gasteiger partial charge in [-0.25, -0.2) is 0 Å². The van der Waals surface area contributed by atoms with Gasteiger partial charge in [0.2, 0.25) is 5.91 Å². The third-order valence-electron chi connectivity index (χ3n) is 5.81. The van der Waals surface area contributed by atoms with E-state index >= 15 is 0 Å². The zero-order valence-electron chi connectivity index (χ0n) is 19.1. The molecule has 0 radical (unpaired) electrons. The first kappa shape index (κ1) is 21.4. The highest BCUT2D eigenvalue weighted by atomic mass is 16.5. The second kappa shape index (κ2) is 8.75. The monoisotopic (exact) mass is 425 g/mol. The number of ether oxygens (including phenoxy) is 1. The summed E-state index contributed by atoms with van der Waals surface area (Å²) in [6, 6.07) is 18.1. The van der Waals surface area contributed by atoms with Crippen LogP contribution >= 0.6 is 0 Å². The highest BCUT2D eigenvalue weighted by molar-refractivity contribution is 6.05. The van der Waals surface area contributed by atoms with E-state index < -0.39 is 0 Å². The van der Waals surface area contributed by atoms with E-state index in [0.717, 1.165) is 44.5 Å². The van der Waals surface area contributed by atoms with Crippen molar-refractivity contribution in [2.45, 2.75) is 27.7 Å². The number of carbonyl (C=O) groups excluding carboxylic acids is 1. The van der Waals surface area contributed by atoms with Gasteiger partial charge in [0.05, 0.1) is 13.4 Å². The number of rotatable bonds is 5. The molecule has 0 atom stereocenters. The Morgan fingerprint density at radius 2 is 1.72 bits per heavy atom. The SMILES string of the molecule is COc1cc2occ(-c3ccc(C)cc3)c2cc1/C(C)=C/C(=O)Nc1ccc(C)c(C)c1. The zero-order valence-corrected chi connectivity index (χ0v) is 19.1. The minimum Gasteiger partial charge on any atom is -0.496 e. The molecule has 0 fully saturated rings. The van der Waals surface area contributed by atoms with Crippen molar-refractivity contribution in [1.82, 2.24) is 0 Å². The van der Waals surface area contributed by atoms with Crippen molar-refractivity contribution in [2.24, 2.45) is 0 Å². The van der Waals surface area contributed by atoms with Gasteiger partial charge in [0.1, 0.15) is 11.3 Å². The smallest absolute Gasteiger partial charge is 0.248 e. The van der Waals surface area contributed by atoms with E-state index in [2.05, 4.69) is 36.5 Å². The van der Waals surface area contributed by atoms with E-state index in [4.69, 9.17) is 9.15 Å². The van der Waals surface area contributed by atoms with Gasteiger partial charge in [-0.15, -0.1) is 0 Å². The molecule has 0 bridgehead atoms.